The van der Waals surface area contributed by atoms with Crippen molar-refractivity contribution in [3.05, 3.63) is 0 Å². The second-order valence-corrected chi connectivity index (χ2v) is 0.267. The first-order valence-electron chi connectivity index (χ1n) is 0.974. The molecule has 0 aromatic heterocycles. The summed E-state index contributed by atoms with van der Waals surface area (Å²) in [5.74, 6) is 0. The Bertz CT molecular complexity index is 6.00. The Labute approximate surface area is 39.7 Å². The molecule has 0 aromatic carbocycles. The third-order valence-electron chi connectivity index (χ3n) is 0. The average Bonchev–Trinajstić information content (AvgIpc) is 0.918. The van der Waals surface area contributed by atoms with Gasteiger partial charge in [-0.05, 0) is 6.92 Å². The van der Waals surface area contributed by atoms with Crippen LogP contribution in [-0.2, 0) is 21.1 Å². The molecule has 0 heterocycles. The van der Waals surface area contributed by atoms with Gasteiger partial charge in [0.15, 0.2) is 0 Å². The van der Waals surface area contributed by atoms with Crippen LogP contribution in [-0.4, -0.2) is 6.67 Å². The molecule has 30 valence electrons. The SMILES string of the molecule is CCF.[Pt]. The number of hydrogen-bond acceptors (Lipinski definition) is 0. The van der Waals surface area contributed by atoms with Gasteiger partial charge in [-0.15, -0.1) is 0 Å². The molecule has 0 spiro atoms. The van der Waals surface area contributed by atoms with Gasteiger partial charge in [-0.2, -0.15) is 0 Å². The van der Waals surface area contributed by atoms with Crippen molar-refractivity contribution in [1.82, 2.24) is 0 Å². The van der Waals surface area contributed by atoms with Crippen molar-refractivity contribution in [2.75, 3.05) is 6.67 Å². The van der Waals surface area contributed by atoms with Gasteiger partial charge in [0.2, 0.25) is 0 Å². The Kier molecular flexibility index (Phi) is 20.9. The molecule has 0 bridgehead atoms. The van der Waals surface area contributed by atoms with Crippen molar-refractivity contribution >= 4 is 0 Å². The van der Waals surface area contributed by atoms with E-state index in [1.165, 1.54) is 6.92 Å². The predicted molar refractivity (Wildman–Crippen MR) is 11.6 cm³/mol. The van der Waals surface area contributed by atoms with Crippen molar-refractivity contribution in [2.45, 2.75) is 6.92 Å². The van der Waals surface area contributed by atoms with Crippen LogP contribution in [0, 0.1) is 0 Å². The molecule has 2 heteroatoms. The van der Waals surface area contributed by atoms with E-state index in [0.717, 1.165) is 0 Å². The van der Waals surface area contributed by atoms with Crippen molar-refractivity contribution in [3.8, 4) is 0 Å². The van der Waals surface area contributed by atoms with Crippen LogP contribution in [0.5, 0.6) is 0 Å². The Morgan fingerprint density at radius 2 is 1.75 bits per heavy atom. The predicted octanol–water partition coefficient (Wildman–Crippen LogP) is 0.973. The van der Waals surface area contributed by atoms with Crippen LogP contribution < -0.4 is 0 Å². The number of alkyl halides is 1. The molecule has 0 aliphatic carbocycles. The summed E-state index contributed by atoms with van der Waals surface area (Å²) < 4.78 is 10.3. The van der Waals surface area contributed by atoms with Crippen molar-refractivity contribution in [3.63, 3.8) is 0 Å². The van der Waals surface area contributed by atoms with Gasteiger partial charge < -0.3 is 0 Å². The van der Waals surface area contributed by atoms with E-state index in [1.807, 2.05) is 0 Å². The first kappa shape index (κ1) is 8.82. The molecule has 0 N–H and O–H groups in total. The van der Waals surface area contributed by atoms with E-state index >= 15 is 0 Å². The average molecular weight is 243 g/mol. The normalized spacial score (nSPS) is 4.50. The maximum absolute atomic E-state index is 10.3. The summed E-state index contributed by atoms with van der Waals surface area (Å²) in [5, 5.41) is 0. The quantitative estimate of drug-likeness (QED) is 0.594. The van der Waals surface area contributed by atoms with Crippen molar-refractivity contribution in [2.24, 2.45) is 0 Å². The summed E-state index contributed by atoms with van der Waals surface area (Å²) in [4.78, 5) is 0. The van der Waals surface area contributed by atoms with Gasteiger partial charge in [-0.25, -0.2) is 0 Å². The summed E-state index contributed by atoms with van der Waals surface area (Å²) in [5.41, 5.74) is 0. The summed E-state index contributed by atoms with van der Waals surface area (Å²) in [6.45, 7) is 1.21. The first-order valence-corrected chi connectivity index (χ1v) is 0.974. The summed E-state index contributed by atoms with van der Waals surface area (Å²) in [6, 6.07) is 0. The van der Waals surface area contributed by atoms with Gasteiger partial charge in [0.05, 0.1) is 6.67 Å². The third kappa shape index (κ3) is 17.9. The minimum atomic E-state index is -0.250. The molecular weight excluding hydrogens is 238 g/mol. The van der Waals surface area contributed by atoms with Crippen LogP contribution in [0.4, 0.5) is 4.39 Å². The number of rotatable bonds is 0. The molecule has 0 aliphatic heterocycles. The second kappa shape index (κ2) is 9.47. The fourth-order valence-electron chi connectivity index (χ4n) is 0. The van der Waals surface area contributed by atoms with Crippen LogP contribution in [0.2, 0.25) is 0 Å². The molecule has 0 amide bonds. The molecule has 4 heavy (non-hydrogen) atoms. The summed E-state index contributed by atoms with van der Waals surface area (Å²) in [7, 11) is 0. The third-order valence-corrected chi connectivity index (χ3v) is 0. The molecule has 0 unspecified atom stereocenters. The van der Waals surface area contributed by atoms with Crippen molar-refractivity contribution < 1.29 is 25.5 Å². The van der Waals surface area contributed by atoms with Crippen LogP contribution in [0.3, 0.4) is 0 Å². The molecule has 0 aromatic rings. The Hall–Kier alpha value is 0.618. The molecular formula is C2H5FPt. The van der Waals surface area contributed by atoms with Gasteiger partial charge in [0.25, 0.3) is 0 Å². The van der Waals surface area contributed by atoms with E-state index in [1.54, 1.807) is 0 Å². The van der Waals surface area contributed by atoms with Gasteiger partial charge in [-0.1, -0.05) is 0 Å². The fraction of sp³-hybridized carbons (Fsp3) is 1.00. The molecule has 0 fully saturated rings. The van der Waals surface area contributed by atoms with Crippen LogP contribution in [0.15, 0.2) is 0 Å². The Morgan fingerprint density at radius 1 is 1.75 bits per heavy atom. The van der Waals surface area contributed by atoms with E-state index in [4.69, 9.17) is 0 Å². The van der Waals surface area contributed by atoms with E-state index in [-0.39, 0.29) is 27.7 Å². The zero-order chi connectivity index (χ0) is 2.71. The molecule has 0 nitrogen and oxygen atoms in total. The van der Waals surface area contributed by atoms with Gasteiger partial charge in [0, 0.05) is 21.1 Å². The van der Waals surface area contributed by atoms with Gasteiger partial charge in [-0.3, -0.25) is 4.39 Å². The largest absolute Gasteiger partial charge is 0.251 e. The summed E-state index contributed by atoms with van der Waals surface area (Å²) >= 11 is 0. The standard InChI is InChI=1S/C2H5F.Pt/c1-2-3;/h2H2,1H3;. The van der Waals surface area contributed by atoms with Crippen LogP contribution in [0.1, 0.15) is 6.92 Å². The van der Waals surface area contributed by atoms with Crippen LogP contribution >= 0.6 is 0 Å². The van der Waals surface area contributed by atoms with Gasteiger partial charge in [0.1, 0.15) is 0 Å². The maximum Gasteiger partial charge on any atom is 0.0866 e. The van der Waals surface area contributed by atoms with Crippen LogP contribution in [0.25, 0.3) is 0 Å². The van der Waals surface area contributed by atoms with E-state index in [0.29, 0.717) is 0 Å². The van der Waals surface area contributed by atoms with Crippen molar-refractivity contribution in [1.29, 1.82) is 0 Å². The van der Waals surface area contributed by atoms with E-state index in [2.05, 4.69) is 0 Å². The molecule has 0 saturated carbocycles. The molecule has 0 aliphatic rings. The topological polar surface area (TPSA) is 0 Å². The second-order valence-electron chi connectivity index (χ2n) is 0.267. The zero-order valence-corrected chi connectivity index (χ0v) is 4.67. The molecule has 0 saturated heterocycles. The number of halogens is 1. The molecule has 0 radical (unpaired) electrons. The van der Waals surface area contributed by atoms with Gasteiger partial charge >= 0.3 is 0 Å². The molecule has 0 atom stereocenters. The van der Waals surface area contributed by atoms with E-state index < -0.39 is 0 Å². The first-order chi connectivity index (χ1) is 1.41. The minimum absolute atomic E-state index is 0. The summed E-state index contributed by atoms with van der Waals surface area (Å²) in [6.07, 6.45) is 0. The van der Waals surface area contributed by atoms with E-state index in [9.17, 15) is 4.39 Å². The molecule has 0 rings (SSSR count). The maximum atomic E-state index is 10.3. The smallest absolute Gasteiger partial charge is 0.0866 e. The monoisotopic (exact) mass is 243 g/mol. The Morgan fingerprint density at radius 3 is 1.75 bits per heavy atom. The Balaban J connectivity index is 0. The number of hydrogen-bond donors (Lipinski definition) is 0. The fourth-order valence-corrected chi connectivity index (χ4v) is 0. The zero-order valence-electron chi connectivity index (χ0n) is 2.40. The minimum Gasteiger partial charge on any atom is -0.251 e.